The number of carbonyl (C=O) groups is 1. The van der Waals surface area contributed by atoms with Crippen LogP contribution < -0.4 is 11.1 Å². The Balaban J connectivity index is 1.45. The minimum atomic E-state index is -0.178. The minimum absolute atomic E-state index is 0.163. The first-order valence-electron chi connectivity index (χ1n) is 6.61. The van der Waals surface area contributed by atoms with Crippen molar-refractivity contribution < 1.29 is 4.79 Å². The molecule has 1 aromatic rings. The van der Waals surface area contributed by atoms with Gasteiger partial charge in [0.15, 0.2) is 0 Å². The monoisotopic (exact) mass is 265 g/mol. The lowest BCUT2D eigenvalue weighted by atomic mass is 10.0. The van der Waals surface area contributed by atoms with Gasteiger partial charge in [0.05, 0.1) is 5.01 Å². The zero-order valence-electron chi connectivity index (χ0n) is 10.4. The quantitative estimate of drug-likeness (QED) is 0.789. The van der Waals surface area contributed by atoms with E-state index in [1.165, 1.54) is 22.7 Å². The molecule has 1 aromatic heterocycles. The molecule has 1 heterocycles. The lowest BCUT2D eigenvalue weighted by Gasteiger charge is -2.13. The van der Waals surface area contributed by atoms with Crippen LogP contribution in [-0.2, 0) is 11.3 Å². The van der Waals surface area contributed by atoms with Gasteiger partial charge < -0.3 is 11.1 Å². The van der Waals surface area contributed by atoms with Crippen LogP contribution in [0.3, 0.4) is 0 Å². The van der Waals surface area contributed by atoms with Crippen LogP contribution in [-0.4, -0.2) is 17.4 Å². The van der Waals surface area contributed by atoms with Crippen molar-refractivity contribution in [2.75, 3.05) is 6.54 Å². The van der Waals surface area contributed by atoms with Crippen molar-refractivity contribution in [1.29, 1.82) is 0 Å². The number of hydrogen-bond acceptors (Lipinski definition) is 4. The molecule has 4 nitrogen and oxygen atoms in total. The number of carbonyl (C=O) groups excluding carboxylic acids is 1. The predicted molar refractivity (Wildman–Crippen MR) is 71.3 cm³/mol. The predicted octanol–water partition coefficient (Wildman–Crippen LogP) is 1.77. The third-order valence-electron chi connectivity index (χ3n) is 3.80. The number of primary amides is 1. The van der Waals surface area contributed by atoms with E-state index in [2.05, 4.69) is 10.3 Å². The number of aromatic nitrogens is 1. The van der Waals surface area contributed by atoms with Gasteiger partial charge in [-0.25, -0.2) is 4.98 Å². The molecule has 2 saturated carbocycles. The van der Waals surface area contributed by atoms with Crippen molar-refractivity contribution in [2.45, 2.75) is 44.6 Å². The SMILES string of the molecule is NC(=O)CC1(CNCc2cnc(C3CC3)s2)CC1. The Morgan fingerprint density at radius 3 is 2.94 bits per heavy atom. The standard InChI is InChI=1S/C13H19N3OS/c14-11(17)5-13(3-4-13)8-15-6-10-7-16-12(18-10)9-1-2-9/h7,9,15H,1-6,8H2,(H2,14,17). The molecule has 1 amide bonds. The van der Waals surface area contributed by atoms with Crippen molar-refractivity contribution in [3.8, 4) is 0 Å². The second kappa shape index (κ2) is 4.63. The van der Waals surface area contributed by atoms with Gasteiger partial charge in [0.25, 0.3) is 0 Å². The first kappa shape index (κ1) is 12.1. The second-order valence-electron chi connectivity index (χ2n) is 5.69. The van der Waals surface area contributed by atoms with Crippen LogP contribution in [0.4, 0.5) is 0 Å². The third-order valence-corrected chi connectivity index (χ3v) is 4.96. The molecule has 0 bridgehead atoms. The topological polar surface area (TPSA) is 68.0 Å². The van der Waals surface area contributed by atoms with E-state index in [9.17, 15) is 4.79 Å². The first-order chi connectivity index (χ1) is 8.67. The van der Waals surface area contributed by atoms with Gasteiger partial charge in [-0.3, -0.25) is 4.79 Å². The van der Waals surface area contributed by atoms with Crippen LogP contribution in [0.2, 0.25) is 0 Å². The Morgan fingerprint density at radius 2 is 2.33 bits per heavy atom. The lowest BCUT2D eigenvalue weighted by Crippen LogP contribution is -2.27. The Hall–Kier alpha value is -0.940. The molecule has 0 unspecified atom stereocenters. The molecule has 2 aliphatic carbocycles. The zero-order valence-corrected chi connectivity index (χ0v) is 11.3. The summed E-state index contributed by atoms with van der Waals surface area (Å²) in [5.74, 6) is 0.566. The van der Waals surface area contributed by atoms with Gasteiger partial charge in [0, 0.05) is 36.5 Å². The molecule has 0 aliphatic heterocycles. The highest BCUT2D eigenvalue weighted by molar-refractivity contribution is 7.11. The Morgan fingerprint density at radius 1 is 1.56 bits per heavy atom. The number of nitrogens with one attached hydrogen (secondary N) is 1. The van der Waals surface area contributed by atoms with Crippen LogP contribution in [0.1, 0.15) is 47.9 Å². The van der Waals surface area contributed by atoms with Crippen LogP contribution >= 0.6 is 11.3 Å². The number of rotatable bonds is 7. The molecule has 0 aromatic carbocycles. The fourth-order valence-corrected chi connectivity index (χ4v) is 3.39. The summed E-state index contributed by atoms with van der Waals surface area (Å²) in [6.07, 6.45) is 7.37. The van der Waals surface area contributed by atoms with Crippen LogP contribution in [0.15, 0.2) is 6.20 Å². The maximum absolute atomic E-state index is 11.0. The maximum Gasteiger partial charge on any atom is 0.218 e. The van der Waals surface area contributed by atoms with Crippen molar-refractivity contribution in [1.82, 2.24) is 10.3 Å². The molecule has 0 radical (unpaired) electrons. The molecule has 0 atom stereocenters. The number of nitrogens with zero attached hydrogens (tertiary/aromatic N) is 1. The summed E-state index contributed by atoms with van der Waals surface area (Å²) in [4.78, 5) is 16.7. The Kier molecular flexibility index (Phi) is 3.11. The van der Waals surface area contributed by atoms with E-state index in [1.54, 1.807) is 0 Å². The summed E-state index contributed by atoms with van der Waals surface area (Å²) >= 11 is 1.82. The largest absolute Gasteiger partial charge is 0.370 e. The normalized spacial score (nSPS) is 20.9. The molecule has 0 spiro atoms. The highest BCUT2D eigenvalue weighted by atomic mass is 32.1. The highest BCUT2D eigenvalue weighted by Crippen LogP contribution is 2.48. The molecule has 5 heteroatoms. The van der Waals surface area contributed by atoms with Gasteiger partial charge >= 0.3 is 0 Å². The van der Waals surface area contributed by atoms with E-state index in [0.29, 0.717) is 6.42 Å². The van der Waals surface area contributed by atoms with E-state index in [-0.39, 0.29) is 11.3 Å². The van der Waals surface area contributed by atoms with Gasteiger partial charge in [-0.05, 0) is 31.1 Å². The van der Waals surface area contributed by atoms with E-state index < -0.39 is 0 Å². The molecule has 2 fully saturated rings. The summed E-state index contributed by atoms with van der Waals surface area (Å²) in [6, 6.07) is 0. The number of nitrogens with two attached hydrogens (primary N) is 1. The molecule has 98 valence electrons. The average molecular weight is 265 g/mol. The van der Waals surface area contributed by atoms with Crippen molar-refractivity contribution >= 4 is 17.2 Å². The van der Waals surface area contributed by atoms with Gasteiger partial charge in [-0.15, -0.1) is 11.3 Å². The van der Waals surface area contributed by atoms with Gasteiger partial charge in [0.2, 0.25) is 5.91 Å². The van der Waals surface area contributed by atoms with Crippen LogP contribution in [0.5, 0.6) is 0 Å². The van der Waals surface area contributed by atoms with Gasteiger partial charge in [-0.2, -0.15) is 0 Å². The first-order valence-corrected chi connectivity index (χ1v) is 7.42. The van der Waals surface area contributed by atoms with Crippen LogP contribution in [0.25, 0.3) is 0 Å². The summed E-state index contributed by atoms with van der Waals surface area (Å²) < 4.78 is 0. The molecule has 0 saturated heterocycles. The van der Waals surface area contributed by atoms with E-state index in [4.69, 9.17) is 5.73 Å². The number of amides is 1. The molecule has 18 heavy (non-hydrogen) atoms. The molecule has 3 N–H and O–H groups in total. The minimum Gasteiger partial charge on any atom is -0.370 e. The van der Waals surface area contributed by atoms with Gasteiger partial charge in [0.1, 0.15) is 0 Å². The van der Waals surface area contributed by atoms with E-state index >= 15 is 0 Å². The summed E-state index contributed by atoms with van der Waals surface area (Å²) in [5, 5.41) is 4.74. The molecular formula is C13H19N3OS. The molecular weight excluding hydrogens is 246 g/mol. The maximum atomic E-state index is 11.0. The van der Waals surface area contributed by atoms with Crippen molar-refractivity contribution in [3.63, 3.8) is 0 Å². The lowest BCUT2D eigenvalue weighted by molar-refractivity contribution is -0.119. The van der Waals surface area contributed by atoms with Crippen LogP contribution in [0, 0.1) is 5.41 Å². The molecule has 3 rings (SSSR count). The Bertz CT molecular complexity index is 449. The highest BCUT2D eigenvalue weighted by Gasteiger charge is 2.43. The fourth-order valence-electron chi connectivity index (χ4n) is 2.34. The third kappa shape index (κ3) is 2.90. The van der Waals surface area contributed by atoms with Crippen molar-refractivity contribution in [3.05, 3.63) is 16.1 Å². The Labute approximate surface area is 111 Å². The fraction of sp³-hybridized carbons (Fsp3) is 0.692. The average Bonchev–Trinajstić information content (AvgIpc) is 3.22. The second-order valence-corrected chi connectivity index (χ2v) is 6.83. The summed E-state index contributed by atoms with van der Waals surface area (Å²) in [6.45, 7) is 1.76. The summed E-state index contributed by atoms with van der Waals surface area (Å²) in [5.41, 5.74) is 5.43. The van der Waals surface area contributed by atoms with E-state index in [0.717, 1.165) is 31.8 Å². The smallest absolute Gasteiger partial charge is 0.218 e. The zero-order chi connectivity index (χ0) is 12.6. The number of hydrogen-bond donors (Lipinski definition) is 2. The molecule has 2 aliphatic rings. The number of thiazole rings is 1. The van der Waals surface area contributed by atoms with Gasteiger partial charge in [-0.1, -0.05) is 0 Å². The summed E-state index contributed by atoms with van der Waals surface area (Å²) in [7, 11) is 0. The van der Waals surface area contributed by atoms with Crippen molar-refractivity contribution in [2.24, 2.45) is 11.1 Å². The van der Waals surface area contributed by atoms with E-state index in [1.807, 2.05) is 17.5 Å².